The molecule has 2 rings (SSSR count). The molecule has 2 atom stereocenters. The Morgan fingerprint density at radius 1 is 1.69 bits per heavy atom. The first-order valence-electron chi connectivity index (χ1n) is 5.42. The van der Waals surface area contributed by atoms with Crippen LogP contribution >= 0.6 is 0 Å². The second-order valence-electron chi connectivity index (χ2n) is 4.52. The van der Waals surface area contributed by atoms with Crippen LogP contribution in [0.25, 0.3) is 0 Å². The van der Waals surface area contributed by atoms with Crippen molar-refractivity contribution in [2.45, 2.75) is 20.3 Å². The Hall–Kier alpha value is -1.59. The van der Waals surface area contributed by atoms with Gasteiger partial charge in [0.1, 0.15) is 5.69 Å². The van der Waals surface area contributed by atoms with E-state index in [-0.39, 0.29) is 10.6 Å². The van der Waals surface area contributed by atoms with Gasteiger partial charge in [0.2, 0.25) is 5.82 Å². The lowest BCUT2D eigenvalue weighted by atomic mass is 10.3. The third kappa shape index (κ3) is 1.87. The smallest absolute Gasteiger partial charge is 0.333 e. The third-order valence-electron chi connectivity index (χ3n) is 3.18. The first-order chi connectivity index (χ1) is 7.50. The van der Waals surface area contributed by atoms with Crippen LogP contribution in [0.4, 0.5) is 11.5 Å². The number of nitrogens with zero attached hydrogens (tertiary/aromatic N) is 3. The van der Waals surface area contributed by atoms with E-state index in [0.717, 1.165) is 12.5 Å². The minimum absolute atomic E-state index is 0.0933. The van der Waals surface area contributed by atoms with E-state index >= 15 is 0 Å². The summed E-state index contributed by atoms with van der Waals surface area (Å²) in [6, 6.07) is 0. The number of anilines is 1. The van der Waals surface area contributed by atoms with Gasteiger partial charge in [-0.2, -0.15) is 5.10 Å². The van der Waals surface area contributed by atoms with Crippen LogP contribution in [-0.2, 0) is 7.05 Å². The van der Waals surface area contributed by atoms with E-state index in [9.17, 15) is 10.1 Å². The number of nitrogens with one attached hydrogen (secondary N) is 1. The molecular formula is C10H16N4O2. The Labute approximate surface area is 93.8 Å². The van der Waals surface area contributed by atoms with Gasteiger partial charge in [-0.3, -0.25) is 10.1 Å². The maximum Gasteiger partial charge on any atom is 0.333 e. The SMILES string of the molecule is Cc1nn(C)c(NCC2CC2C)c1[N+](=O)[O-]. The van der Waals surface area contributed by atoms with Gasteiger partial charge in [-0.15, -0.1) is 0 Å². The van der Waals surface area contributed by atoms with Gasteiger partial charge >= 0.3 is 5.69 Å². The maximum absolute atomic E-state index is 10.9. The molecule has 16 heavy (non-hydrogen) atoms. The van der Waals surface area contributed by atoms with Crippen LogP contribution in [0.2, 0.25) is 0 Å². The van der Waals surface area contributed by atoms with Crippen molar-refractivity contribution >= 4 is 11.5 Å². The molecule has 1 heterocycles. The molecule has 1 aliphatic carbocycles. The normalized spacial score (nSPS) is 23.2. The van der Waals surface area contributed by atoms with Gasteiger partial charge in [0.15, 0.2) is 0 Å². The van der Waals surface area contributed by atoms with Gasteiger partial charge in [-0.25, -0.2) is 4.68 Å². The average Bonchev–Trinajstić information content (AvgIpc) is 2.79. The molecule has 88 valence electrons. The quantitative estimate of drug-likeness (QED) is 0.624. The van der Waals surface area contributed by atoms with Gasteiger partial charge in [0.25, 0.3) is 0 Å². The third-order valence-corrected chi connectivity index (χ3v) is 3.18. The Bertz CT molecular complexity index is 427. The second kappa shape index (κ2) is 3.77. The highest BCUT2D eigenvalue weighted by Crippen LogP contribution is 2.38. The molecule has 6 heteroatoms. The summed E-state index contributed by atoms with van der Waals surface area (Å²) in [6.45, 7) is 4.64. The molecule has 0 aromatic carbocycles. The van der Waals surface area contributed by atoms with Crippen molar-refractivity contribution in [3.8, 4) is 0 Å². The Morgan fingerprint density at radius 3 is 2.81 bits per heavy atom. The van der Waals surface area contributed by atoms with E-state index in [0.29, 0.717) is 17.4 Å². The van der Waals surface area contributed by atoms with Crippen molar-refractivity contribution in [3.05, 3.63) is 15.8 Å². The summed E-state index contributed by atoms with van der Waals surface area (Å²) < 4.78 is 1.54. The van der Waals surface area contributed by atoms with Crippen molar-refractivity contribution in [1.29, 1.82) is 0 Å². The van der Waals surface area contributed by atoms with Crippen LogP contribution in [0.15, 0.2) is 0 Å². The summed E-state index contributed by atoms with van der Waals surface area (Å²) >= 11 is 0. The summed E-state index contributed by atoms with van der Waals surface area (Å²) in [5.41, 5.74) is 0.551. The fourth-order valence-electron chi connectivity index (χ4n) is 1.97. The summed E-state index contributed by atoms with van der Waals surface area (Å²) in [6.07, 6.45) is 1.21. The monoisotopic (exact) mass is 224 g/mol. The predicted octanol–water partition coefficient (Wildman–Crippen LogP) is 1.70. The molecule has 1 saturated carbocycles. The number of aryl methyl sites for hydroxylation is 2. The van der Waals surface area contributed by atoms with Gasteiger partial charge in [-0.1, -0.05) is 6.92 Å². The highest BCUT2D eigenvalue weighted by molar-refractivity contribution is 5.59. The molecule has 0 amide bonds. The Morgan fingerprint density at radius 2 is 2.31 bits per heavy atom. The van der Waals surface area contributed by atoms with Crippen LogP contribution in [-0.4, -0.2) is 21.2 Å². The van der Waals surface area contributed by atoms with Crippen LogP contribution in [0.3, 0.4) is 0 Å². The largest absolute Gasteiger partial charge is 0.364 e. The lowest BCUT2D eigenvalue weighted by molar-refractivity contribution is -0.384. The zero-order valence-corrected chi connectivity index (χ0v) is 9.73. The zero-order chi connectivity index (χ0) is 11.9. The van der Waals surface area contributed by atoms with Crippen LogP contribution in [0, 0.1) is 28.9 Å². The lowest BCUT2D eigenvalue weighted by Gasteiger charge is -2.04. The number of hydrogen-bond acceptors (Lipinski definition) is 4. The predicted molar refractivity (Wildman–Crippen MR) is 60.4 cm³/mol. The van der Waals surface area contributed by atoms with Crippen LogP contribution < -0.4 is 5.32 Å². The molecule has 0 spiro atoms. The minimum Gasteiger partial charge on any atom is -0.364 e. The number of rotatable bonds is 4. The van der Waals surface area contributed by atoms with Crippen molar-refractivity contribution in [2.24, 2.45) is 18.9 Å². The van der Waals surface area contributed by atoms with E-state index in [1.54, 1.807) is 18.7 Å². The van der Waals surface area contributed by atoms with E-state index in [2.05, 4.69) is 17.3 Å². The standard InChI is InChI=1S/C10H16N4O2/c1-6-4-8(6)5-11-10-9(14(15)16)7(2)12-13(10)3/h6,8,11H,4-5H2,1-3H3. The van der Waals surface area contributed by atoms with Crippen molar-refractivity contribution in [2.75, 3.05) is 11.9 Å². The number of hydrogen-bond donors (Lipinski definition) is 1. The summed E-state index contributed by atoms with van der Waals surface area (Å²) in [5, 5.41) is 18.1. The minimum atomic E-state index is -0.374. The van der Waals surface area contributed by atoms with Gasteiger partial charge in [-0.05, 0) is 25.2 Å². The van der Waals surface area contributed by atoms with E-state index in [1.807, 2.05) is 0 Å². The van der Waals surface area contributed by atoms with Crippen molar-refractivity contribution in [3.63, 3.8) is 0 Å². The topological polar surface area (TPSA) is 73.0 Å². The average molecular weight is 224 g/mol. The van der Waals surface area contributed by atoms with Crippen molar-refractivity contribution in [1.82, 2.24) is 9.78 Å². The second-order valence-corrected chi connectivity index (χ2v) is 4.52. The molecule has 0 saturated heterocycles. The lowest BCUT2D eigenvalue weighted by Crippen LogP contribution is -2.09. The zero-order valence-electron chi connectivity index (χ0n) is 9.73. The fraction of sp³-hybridized carbons (Fsp3) is 0.700. The van der Waals surface area contributed by atoms with Gasteiger partial charge in [0.05, 0.1) is 4.92 Å². The van der Waals surface area contributed by atoms with Crippen LogP contribution in [0.5, 0.6) is 0 Å². The van der Waals surface area contributed by atoms with Crippen molar-refractivity contribution < 1.29 is 4.92 Å². The molecule has 0 aliphatic heterocycles. The molecule has 6 nitrogen and oxygen atoms in total. The van der Waals surface area contributed by atoms with E-state index in [4.69, 9.17) is 0 Å². The fourth-order valence-corrected chi connectivity index (χ4v) is 1.97. The molecule has 2 unspecified atom stereocenters. The van der Waals surface area contributed by atoms with E-state index in [1.165, 1.54) is 6.42 Å². The van der Waals surface area contributed by atoms with Crippen LogP contribution in [0.1, 0.15) is 19.0 Å². The summed E-state index contributed by atoms with van der Waals surface area (Å²) in [4.78, 5) is 10.5. The Balaban J connectivity index is 2.15. The molecule has 0 radical (unpaired) electrons. The van der Waals surface area contributed by atoms with Gasteiger partial charge < -0.3 is 5.32 Å². The molecule has 1 aliphatic rings. The highest BCUT2D eigenvalue weighted by Gasteiger charge is 2.33. The van der Waals surface area contributed by atoms with E-state index < -0.39 is 0 Å². The summed E-state index contributed by atoms with van der Waals surface area (Å²) in [5.74, 6) is 1.90. The highest BCUT2D eigenvalue weighted by atomic mass is 16.6. The molecule has 1 N–H and O–H groups in total. The summed E-state index contributed by atoms with van der Waals surface area (Å²) in [7, 11) is 1.72. The van der Waals surface area contributed by atoms with Gasteiger partial charge in [0, 0.05) is 13.6 Å². The molecular weight excluding hydrogens is 208 g/mol. The number of nitro groups is 1. The Kier molecular flexibility index (Phi) is 2.57. The first-order valence-corrected chi connectivity index (χ1v) is 5.42. The molecule has 0 bridgehead atoms. The maximum atomic E-state index is 10.9. The number of aromatic nitrogens is 2. The molecule has 1 aromatic rings. The molecule has 1 fully saturated rings. The molecule has 1 aromatic heterocycles. The first kappa shape index (κ1) is 10.9.